The Bertz CT molecular complexity index is 276. The van der Waals surface area contributed by atoms with Crippen molar-refractivity contribution in [2.24, 2.45) is 0 Å². The summed E-state index contributed by atoms with van der Waals surface area (Å²) in [5.74, 6) is 0. The second-order valence-electron chi connectivity index (χ2n) is 3.90. The van der Waals surface area contributed by atoms with Crippen molar-refractivity contribution in [2.75, 3.05) is 7.11 Å². The highest BCUT2D eigenvalue weighted by molar-refractivity contribution is 5.14. The smallest absolute Gasteiger partial charge is 0.0693 e. The van der Waals surface area contributed by atoms with Crippen molar-refractivity contribution in [3.63, 3.8) is 0 Å². The van der Waals surface area contributed by atoms with Crippen LogP contribution in [-0.2, 0) is 4.74 Å². The molecule has 0 aliphatic rings. The van der Waals surface area contributed by atoms with Crippen LogP contribution in [0.2, 0.25) is 0 Å². The lowest BCUT2D eigenvalue weighted by Gasteiger charge is -2.24. The summed E-state index contributed by atoms with van der Waals surface area (Å²) < 4.78 is 5.27. The van der Waals surface area contributed by atoms with E-state index in [1.165, 1.54) is 5.56 Å². The lowest BCUT2D eigenvalue weighted by Crippen LogP contribution is -2.38. The first-order valence-electron chi connectivity index (χ1n) is 5.34. The predicted molar refractivity (Wildman–Crippen MR) is 61.7 cm³/mol. The van der Waals surface area contributed by atoms with Crippen molar-refractivity contribution in [1.82, 2.24) is 10.3 Å². The number of ether oxygens (including phenoxy) is 1. The van der Waals surface area contributed by atoms with E-state index in [1.54, 1.807) is 7.11 Å². The molecule has 3 unspecified atom stereocenters. The summed E-state index contributed by atoms with van der Waals surface area (Å²) >= 11 is 0. The molecular weight excluding hydrogens is 188 g/mol. The summed E-state index contributed by atoms with van der Waals surface area (Å²) in [7, 11) is 1.74. The molecule has 0 fully saturated rings. The van der Waals surface area contributed by atoms with Crippen molar-refractivity contribution in [3.05, 3.63) is 30.1 Å². The quantitative estimate of drug-likeness (QED) is 0.805. The van der Waals surface area contributed by atoms with E-state index in [9.17, 15) is 0 Å². The fourth-order valence-corrected chi connectivity index (χ4v) is 1.48. The molecule has 0 radical (unpaired) electrons. The first kappa shape index (κ1) is 12.1. The number of hydrogen-bond donors (Lipinski definition) is 1. The van der Waals surface area contributed by atoms with Crippen molar-refractivity contribution < 1.29 is 4.74 Å². The minimum absolute atomic E-state index is 0.217. The lowest BCUT2D eigenvalue weighted by atomic mass is 10.1. The number of methoxy groups -OCH3 is 1. The Morgan fingerprint density at radius 3 is 2.33 bits per heavy atom. The van der Waals surface area contributed by atoms with Crippen molar-refractivity contribution in [1.29, 1.82) is 0 Å². The van der Waals surface area contributed by atoms with Crippen LogP contribution in [0.5, 0.6) is 0 Å². The SMILES string of the molecule is COC(C)C(C)NC(C)c1ccncc1. The van der Waals surface area contributed by atoms with Gasteiger partial charge in [-0.05, 0) is 38.5 Å². The van der Waals surface area contributed by atoms with E-state index in [0.717, 1.165) is 0 Å². The van der Waals surface area contributed by atoms with Crippen LogP contribution in [0.25, 0.3) is 0 Å². The molecule has 1 rings (SSSR count). The Morgan fingerprint density at radius 2 is 1.80 bits per heavy atom. The van der Waals surface area contributed by atoms with Gasteiger partial charge in [-0.15, -0.1) is 0 Å². The highest BCUT2D eigenvalue weighted by Gasteiger charge is 2.14. The molecule has 0 spiro atoms. The molecule has 0 saturated heterocycles. The van der Waals surface area contributed by atoms with Gasteiger partial charge in [0.05, 0.1) is 6.10 Å². The molecule has 1 N–H and O–H groups in total. The lowest BCUT2D eigenvalue weighted by molar-refractivity contribution is 0.0852. The average Bonchev–Trinajstić information content (AvgIpc) is 2.29. The molecule has 1 aromatic heterocycles. The van der Waals surface area contributed by atoms with Crippen LogP contribution in [-0.4, -0.2) is 24.2 Å². The summed E-state index contributed by atoms with van der Waals surface area (Å²) in [6.45, 7) is 6.34. The molecule has 84 valence electrons. The second kappa shape index (κ2) is 5.83. The molecule has 3 heteroatoms. The van der Waals surface area contributed by atoms with Gasteiger partial charge in [-0.3, -0.25) is 4.98 Å². The van der Waals surface area contributed by atoms with Crippen LogP contribution in [0.3, 0.4) is 0 Å². The van der Waals surface area contributed by atoms with Gasteiger partial charge in [0.1, 0.15) is 0 Å². The van der Waals surface area contributed by atoms with Crippen LogP contribution in [0.1, 0.15) is 32.4 Å². The minimum atomic E-state index is 0.217. The number of rotatable bonds is 5. The molecule has 1 aromatic rings. The van der Waals surface area contributed by atoms with Crippen molar-refractivity contribution >= 4 is 0 Å². The maximum Gasteiger partial charge on any atom is 0.0693 e. The number of aromatic nitrogens is 1. The van der Waals surface area contributed by atoms with Gasteiger partial charge in [0.2, 0.25) is 0 Å². The molecule has 0 aliphatic carbocycles. The first-order chi connectivity index (χ1) is 7.15. The number of pyridine rings is 1. The number of nitrogens with one attached hydrogen (secondary N) is 1. The zero-order chi connectivity index (χ0) is 11.3. The van der Waals surface area contributed by atoms with Gasteiger partial charge in [0, 0.05) is 31.6 Å². The third-order valence-corrected chi connectivity index (χ3v) is 2.79. The van der Waals surface area contributed by atoms with Crippen LogP contribution < -0.4 is 5.32 Å². The Kier molecular flexibility index (Phi) is 4.72. The summed E-state index contributed by atoms with van der Waals surface area (Å²) in [5.41, 5.74) is 1.25. The first-order valence-corrected chi connectivity index (χ1v) is 5.34. The minimum Gasteiger partial charge on any atom is -0.380 e. The van der Waals surface area contributed by atoms with Gasteiger partial charge in [0.15, 0.2) is 0 Å². The molecule has 15 heavy (non-hydrogen) atoms. The van der Waals surface area contributed by atoms with Gasteiger partial charge in [-0.25, -0.2) is 0 Å². The molecule has 0 aromatic carbocycles. The van der Waals surface area contributed by atoms with E-state index >= 15 is 0 Å². The van der Waals surface area contributed by atoms with Crippen molar-refractivity contribution in [3.8, 4) is 0 Å². The van der Waals surface area contributed by atoms with Crippen LogP contribution >= 0.6 is 0 Å². The number of nitrogens with zero attached hydrogens (tertiary/aromatic N) is 1. The van der Waals surface area contributed by atoms with Gasteiger partial charge >= 0.3 is 0 Å². The summed E-state index contributed by atoms with van der Waals surface area (Å²) in [6.07, 6.45) is 3.85. The van der Waals surface area contributed by atoms with E-state index in [2.05, 4.69) is 31.1 Å². The van der Waals surface area contributed by atoms with Gasteiger partial charge in [-0.2, -0.15) is 0 Å². The highest BCUT2D eigenvalue weighted by atomic mass is 16.5. The Morgan fingerprint density at radius 1 is 1.20 bits per heavy atom. The van der Waals surface area contributed by atoms with Crippen LogP contribution in [0.4, 0.5) is 0 Å². The average molecular weight is 208 g/mol. The van der Waals surface area contributed by atoms with Crippen LogP contribution in [0, 0.1) is 0 Å². The highest BCUT2D eigenvalue weighted by Crippen LogP contribution is 2.12. The zero-order valence-electron chi connectivity index (χ0n) is 9.90. The topological polar surface area (TPSA) is 34.1 Å². The summed E-state index contributed by atoms with van der Waals surface area (Å²) in [6, 6.07) is 4.71. The summed E-state index contributed by atoms with van der Waals surface area (Å²) in [5, 5.41) is 3.49. The van der Waals surface area contributed by atoms with Crippen LogP contribution in [0.15, 0.2) is 24.5 Å². The van der Waals surface area contributed by atoms with E-state index in [-0.39, 0.29) is 6.10 Å². The normalized spacial score (nSPS) is 17.1. The molecule has 3 atom stereocenters. The molecule has 1 heterocycles. The third kappa shape index (κ3) is 3.61. The fraction of sp³-hybridized carbons (Fsp3) is 0.583. The predicted octanol–water partition coefficient (Wildman–Crippen LogP) is 2.16. The molecule has 3 nitrogen and oxygen atoms in total. The Hall–Kier alpha value is -0.930. The van der Waals surface area contributed by atoms with E-state index in [4.69, 9.17) is 4.74 Å². The van der Waals surface area contributed by atoms with E-state index in [1.807, 2.05) is 24.5 Å². The monoisotopic (exact) mass is 208 g/mol. The van der Waals surface area contributed by atoms with Gasteiger partial charge < -0.3 is 10.1 Å². The van der Waals surface area contributed by atoms with E-state index < -0.39 is 0 Å². The third-order valence-electron chi connectivity index (χ3n) is 2.79. The molecular formula is C12H20N2O. The molecule has 0 bridgehead atoms. The fourth-order valence-electron chi connectivity index (χ4n) is 1.48. The standard InChI is InChI=1S/C12H20N2O/c1-9(11(3)15-4)14-10(2)12-5-7-13-8-6-12/h5-11,14H,1-4H3. The number of hydrogen-bond acceptors (Lipinski definition) is 3. The Labute approximate surface area is 91.9 Å². The Balaban J connectivity index is 2.52. The maximum atomic E-state index is 5.27. The molecule has 0 amide bonds. The van der Waals surface area contributed by atoms with Crippen molar-refractivity contribution in [2.45, 2.75) is 39.0 Å². The van der Waals surface area contributed by atoms with Gasteiger partial charge in [0.25, 0.3) is 0 Å². The molecule has 0 aliphatic heterocycles. The second-order valence-corrected chi connectivity index (χ2v) is 3.90. The summed E-state index contributed by atoms with van der Waals surface area (Å²) in [4.78, 5) is 4.01. The van der Waals surface area contributed by atoms with E-state index in [0.29, 0.717) is 12.1 Å². The maximum absolute atomic E-state index is 5.27. The largest absolute Gasteiger partial charge is 0.380 e. The molecule has 0 saturated carbocycles. The van der Waals surface area contributed by atoms with Gasteiger partial charge in [-0.1, -0.05) is 0 Å². The zero-order valence-corrected chi connectivity index (χ0v) is 9.90.